The fraction of sp³-hybridized carbons (Fsp3) is 0.812. The van der Waals surface area contributed by atoms with Gasteiger partial charge in [-0.25, -0.2) is 0 Å². The Morgan fingerprint density at radius 2 is 1.90 bits per heavy atom. The molecule has 122 valence electrons. The molecule has 0 amide bonds. The summed E-state index contributed by atoms with van der Waals surface area (Å²) in [7, 11) is 1.83. The lowest BCUT2D eigenvalue weighted by Gasteiger charge is -2.22. The van der Waals surface area contributed by atoms with Crippen LogP contribution in [0.2, 0.25) is 0 Å². The highest BCUT2D eigenvalue weighted by Crippen LogP contribution is 2.20. The average molecular weight is 407 g/mol. The van der Waals surface area contributed by atoms with Crippen LogP contribution < -0.4 is 10.6 Å². The lowest BCUT2D eigenvalue weighted by Crippen LogP contribution is -2.43. The Labute approximate surface area is 146 Å². The van der Waals surface area contributed by atoms with Gasteiger partial charge in [-0.2, -0.15) is 0 Å². The summed E-state index contributed by atoms with van der Waals surface area (Å²) >= 11 is 0. The Bertz CT molecular complexity index is 319. The highest BCUT2D eigenvalue weighted by atomic mass is 127. The summed E-state index contributed by atoms with van der Waals surface area (Å²) in [6.45, 7) is 1.78. The smallest absolute Gasteiger partial charge is 0.191 e. The maximum atomic E-state index is 5.92. The van der Waals surface area contributed by atoms with Crippen LogP contribution in [0, 0.1) is 0 Å². The molecule has 5 heteroatoms. The molecule has 2 aliphatic rings. The molecule has 0 aromatic rings. The van der Waals surface area contributed by atoms with Crippen LogP contribution in [-0.4, -0.2) is 38.3 Å². The van der Waals surface area contributed by atoms with Crippen molar-refractivity contribution in [1.82, 2.24) is 10.6 Å². The highest BCUT2D eigenvalue weighted by molar-refractivity contribution is 14.0. The minimum atomic E-state index is 0. The molecule has 1 fully saturated rings. The van der Waals surface area contributed by atoms with Crippen LogP contribution in [0.3, 0.4) is 0 Å². The molecule has 0 spiro atoms. The molecular weight excluding hydrogens is 377 g/mol. The average Bonchev–Trinajstić information content (AvgIpc) is 3.00. The van der Waals surface area contributed by atoms with E-state index in [1.165, 1.54) is 32.1 Å². The van der Waals surface area contributed by atoms with Crippen molar-refractivity contribution in [3.05, 3.63) is 12.2 Å². The first-order valence-electron chi connectivity index (χ1n) is 8.12. The molecule has 0 heterocycles. The Hall–Kier alpha value is -0.300. The number of ether oxygens (including phenoxy) is 1. The monoisotopic (exact) mass is 407 g/mol. The molecule has 1 saturated carbocycles. The molecule has 21 heavy (non-hydrogen) atoms. The maximum absolute atomic E-state index is 5.92. The molecule has 2 rings (SSSR count). The lowest BCUT2D eigenvalue weighted by atomic mass is 9.98. The van der Waals surface area contributed by atoms with Crippen LogP contribution in [-0.2, 0) is 4.74 Å². The Morgan fingerprint density at radius 3 is 2.57 bits per heavy atom. The van der Waals surface area contributed by atoms with Gasteiger partial charge in [0.1, 0.15) is 0 Å². The fourth-order valence-electron chi connectivity index (χ4n) is 2.88. The quantitative estimate of drug-likeness (QED) is 0.234. The van der Waals surface area contributed by atoms with Crippen molar-refractivity contribution in [1.29, 1.82) is 0 Å². The Kier molecular flexibility index (Phi) is 10.1. The van der Waals surface area contributed by atoms with Crippen LogP contribution >= 0.6 is 24.0 Å². The summed E-state index contributed by atoms with van der Waals surface area (Å²) in [6, 6.07) is 0.514. The van der Waals surface area contributed by atoms with Gasteiger partial charge < -0.3 is 15.4 Å². The number of nitrogens with one attached hydrogen (secondary N) is 2. The van der Waals surface area contributed by atoms with Gasteiger partial charge in [-0.05, 0) is 32.1 Å². The van der Waals surface area contributed by atoms with Crippen molar-refractivity contribution in [3.63, 3.8) is 0 Å². The first-order chi connectivity index (χ1) is 9.88. The van der Waals surface area contributed by atoms with E-state index < -0.39 is 0 Å². The lowest BCUT2D eigenvalue weighted by molar-refractivity contribution is 0.0277. The second-order valence-electron chi connectivity index (χ2n) is 5.77. The van der Waals surface area contributed by atoms with E-state index in [0.29, 0.717) is 12.1 Å². The van der Waals surface area contributed by atoms with E-state index in [1.54, 1.807) is 0 Å². The van der Waals surface area contributed by atoms with Crippen molar-refractivity contribution in [2.24, 2.45) is 4.99 Å². The van der Waals surface area contributed by atoms with Gasteiger partial charge in [-0.15, -0.1) is 24.0 Å². The predicted octanol–water partition coefficient (Wildman–Crippen LogP) is 3.23. The first kappa shape index (κ1) is 18.7. The van der Waals surface area contributed by atoms with Gasteiger partial charge in [-0.3, -0.25) is 4.99 Å². The third kappa shape index (κ3) is 7.49. The van der Waals surface area contributed by atoms with Crippen LogP contribution in [0.4, 0.5) is 0 Å². The summed E-state index contributed by atoms with van der Waals surface area (Å²) in [5.74, 6) is 0.913. The predicted molar refractivity (Wildman–Crippen MR) is 99.5 cm³/mol. The molecule has 0 unspecified atom stereocenters. The summed E-state index contributed by atoms with van der Waals surface area (Å²) in [5, 5.41) is 6.81. The zero-order valence-corrected chi connectivity index (χ0v) is 15.5. The van der Waals surface area contributed by atoms with Gasteiger partial charge in [0.25, 0.3) is 0 Å². The molecule has 0 atom stereocenters. The van der Waals surface area contributed by atoms with Crippen LogP contribution in [0.1, 0.15) is 51.4 Å². The van der Waals surface area contributed by atoms with E-state index in [4.69, 9.17) is 4.74 Å². The van der Waals surface area contributed by atoms with E-state index in [9.17, 15) is 0 Å². The Morgan fingerprint density at radius 1 is 1.19 bits per heavy atom. The van der Waals surface area contributed by atoms with Gasteiger partial charge in [-0.1, -0.05) is 31.4 Å². The Balaban J connectivity index is 0.00000220. The second-order valence-corrected chi connectivity index (χ2v) is 5.77. The highest BCUT2D eigenvalue weighted by Gasteiger charge is 2.13. The van der Waals surface area contributed by atoms with E-state index in [0.717, 1.165) is 38.4 Å². The molecule has 0 aliphatic heterocycles. The number of hydrogen-bond donors (Lipinski definition) is 2. The number of halogens is 1. The van der Waals surface area contributed by atoms with Gasteiger partial charge in [0.05, 0.1) is 6.10 Å². The zero-order chi connectivity index (χ0) is 14.0. The topological polar surface area (TPSA) is 45.7 Å². The fourth-order valence-corrected chi connectivity index (χ4v) is 2.88. The number of guanidine groups is 1. The molecule has 0 saturated heterocycles. The number of aliphatic imine (C=N–C) groups is 1. The van der Waals surface area contributed by atoms with Gasteiger partial charge in [0.2, 0.25) is 0 Å². The summed E-state index contributed by atoms with van der Waals surface area (Å²) < 4.78 is 5.92. The van der Waals surface area contributed by atoms with Crippen molar-refractivity contribution >= 4 is 29.9 Å². The third-order valence-electron chi connectivity index (χ3n) is 4.09. The second kappa shape index (κ2) is 11.3. The molecule has 0 bridgehead atoms. The van der Waals surface area contributed by atoms with Crippen molar-refractivity contribution in [2.45, 2.75) is 63.5 Å². The van der Waals surface area contributed by atoms with E-state index >= 15 is 0 Å². The SMILES string of the molecule is CN=C(NCCCOC1CCCCC1)NC1CC=CC1.I. The minimum absolute atomic E-state index is 0. The zero-order valence-electron chi connectivity index (χ0n) is 13.1. The summed E-state index contributed by atoms with van der Waals surface area (Å²) in [6.07, 6.45) is 14.8. The normalized spacial score (nSPS) is 20.3. The standard InChI is InChI=1S/C16H29N3O.HI/c1-17-16(19-14-8-5-6-9-14)18-12-7-13-20-15-10-3-2-4-11-15;/h5-6,14-15H,2-4,7-13H2,1H3,(H2,17,18,19);1H. The molecule has 2 N–H and O–H groups in total. The summed E-state index contributed by atoms with van der Waals surface area (Å²) in [5.41, 5.74) is 0. The van der Waals surface area contributed by atoms with Crippen LogP contribution in [0.15, 0.2) is 17.1 Å². The first-order valence-corrected chi connectivity index (χ1v) is 8.12. The van der Waals surface area contributed by atoms with Gasteiger partial charge in [0, 0.05) is 26.2 Å². The molecule has 0 radical (unpaired) electrons. The van der Waals surface area contributed by atoms with Gasteiger partial charge in [0.15, 0.2) is 5.96 Å². The summed E-state index contributed by atoms with van der Waals surface area (Å²) in [4.78, 5) is 4.26. The molecule has 0 aromatic heterocycles. The number of rotatable bonds is 6. The molecule has 0 aromatic carbocycles. The molecular formula is C16H30IN3O. The van der Waals surface area contributed by atoms with Crippen molar-refractivity contribution < 1.29 is 4.74 Å². The van der Waals surface area contributed by atoms with E-state index in [1.807, 2.05) is 7.05 Å². The van der Waals surface area contributed by atoms with E-state index in [2.05, 4.69) is 27.8 Å². The van der Waals surface area contributed by atoms with Crippen LogP contribution in [0.25, 0.3) is 0 Å². The van der Waals surface area contributed by atoms with Crippen molar-refractivity contribution in [2.75, 3.05) is 20.2 Å². The largest absolute Gasteiger partial charge is 0.378 e. The minimum Gasteiger partial charge on any atom is -0.378 e. The van der Waals surface area contributed by atoms with Crippen LogP contribution in [0.5, 0.6) is 0 Å². The molecule has 4 nitrogen and oxygen atoms in total. The van der Waals surface area contributed by atoms with Crippen molar-refractivity contribution in [3.8, 4) is 0 Å². The van der Waals surface area contributed by atoms with E-state index in [-0.39, 0.29) is 24.0 Å². The maximum Gasteiger partial charge on any atom is 0.191 e. The number of hydrogen-bond acceptors (Lipinski definition) is 2. The number of nitrogens with zero attached hydrogens (tertiary/aromatic N) is 1. The molecule has 2 aliphatic carbocycles. The third-order valence-corrected chi connectivity index (χ3v) is 4.09. The van der Waals surface area contributed by atoms with Gasteiger partial charge >= 0.3 is 0 Å².